The molecule has 1 N–H and O–H groups in total. The topological polar surface area (TPSA) is 38.3 Å². The maximum absolute atomic E-state index is 12.2. The van der Waals surface area contributed by atoms with Crippen LogP contribution in [0.2, 0.25) is 0 Å². The van der Waals surface area contributed by atoms with Gasteiger partial charge in [0.1, 0.15) is 5.75 Å². The molecule has 3 nitrogen and oxygen atoms in total. The molecule has 21 heavy (non-hydrogen) atoms. The molecule has 0 saturated heterocycles. The van der Waals surface area contributed by atoms with Crippen molar-refractivity contribution in [2.75, 3.05) is 11.9 Å². The molecule has 2 aromatic carbocycles. The van der Waals surface area contributed by atoms with E-state index in [0.29, 0.717) is 17.9 Å². The van der Waals surface area contributed by atoms with Gasteiger partial charge in [0.15, 0.2) is 0 Å². The summed E-state index contributed by atoms with van der Waals surface area (Å²) in [6.07, 6.45) is 5.35. The summed E-state index contributed by atoms with van der Waals surface area (Å²) in [6.45, 7) is 4.45. The first-order valence-corrected chi connectivity index (χ1v) is 6.75. The van der Waals surface area contributed by atoms with Crippen LogP contribution in [0.3, 0.4) is 0 Å². The van der Waals surface area contributed by atoms with Crippen LogP contribution in [0, 0.1) is 19.3 Å². The average Bonchev–Trinajstić information content (AvgIpc) is 2.49. The minimum absolute atomic E-state index is 0.171. The van der Waals surface area contributed by atoms with Gasteiger partial charge in [-0.3, -0.25) is 4.79 Å². The maximum atomic E-state index is 12.2. The zero-order valence-electron chi connectivity index (χ0n) is 12.1. The van der Waals surface area contributed by atoms with E-state index in [9.17, 15) is 4.79 Å². The lowest BCUT2D eigenvalue weighted by molar-refractivity contribution is 0.102. The van der Waals surface area contributed by atoms with Crippen molar-refractivity contribution in [3.8, 4) is 18.1 Å². The summed E-state index contributed by atoms with van der Waals surface area (Å²) in [7, 11) is 0. The number of rotatable bonds is 4. The summed E-state index contributed by atoms with van der Waals surface area (Å²) >= 11 is 0. The van der Waals surface area contributed by atoms with Crippen molar-refractivity contribution in [3.63, 3.8) is 0 Å². The third-order valence-corrected chi connectivity index (χ3v) is 3.02. The Kier molecular flexibility index (Phi) is 4.63. The highest BCUT2D eigenvalue weighted by Crippen LogP contribution is 2.20. The summed E-state index contributed by atoms with van der Waals surface area (Å²) in [5.74, 6) is 3.17. The summed E-state index contributed by atoms with van der Waals surface area (Å²) in [4.78, 5) is 12.2. The van der Waals surface area contributed by atoms with E-state index in [1.54, 1.807) is 18.2 Å². The van der Waals surface area contributed by atoms with Crippen molar-refractivity contribution >= 4 is 11.6 Å². The molecule has 0 aliphatic rings. The Hall–Kier alpha value is -2.73. The van der Waals surface area contributed by atoms with Gasteiger partial charge in [0, 0.05) is 16.8 Å². The van der Waals surface area contributed by atoms with Gasteiger partial charge in [-0.05, 0) is 55.8 Å². The molecule has 1 amide bonds. The normalized spacial score (nSPS) is 9.76. The molecule has 3 heteroatoms. The molecule has 0 unspecified atom stereocenters. The number of carbonyl (C=O) groups excluding carboxylic acids is 1. The van der Waals surface area contributed by atoms with Crippen LogP contribution in [0.15, 0.2) is 42.5 Å². The molecule has 0 fully saturated rings. The first-order valence-electron chi connectivity index (χ1n) is 6.75. The first kappa shape index (κ1) is 14.7. The molecule has 0 aliphatic carbocycles. The summed E-state index contributed by atoms with van der Waals surface area (Å²) < 4.78 is 5.47. The molecule has 2 rings (SSSR count). The second kappa shape index (κ2) is 6.62. The SMILES string of the molecule is C#Cc1cccc(NC(=O)c2ccc(OCC)c(C)c2)c1. The average molecular weight is 279 g/mol. The van der Waals surface area contributed by atoms with Crippen LogP contribution in [-0.4, -0.2) is 12.5 Å². The molecule has 0 aliphatic heterocycles. The standard InChI is InChI=1S/C18H17NO2/c1-4-14-7-6-8-16(12-14)19-18(20)15-9-10-17(21-5-2)13(3)11-15/h1,6-12H,5H2,2-3H3,(H,19,20). The van der Waals surface area contributed by atoms with Gasteiger partial charge in [-0.25, -0.2) is 0 Å². The molecule has 0 heterocycles. The number of nitrogens with one attached hydrogen (secondary N) is 1. The van der Waals surface area contributed by atoms with E-state index >= 15 is 0 Å². The van der Waals surface area contributed by atoms with Gasteiger partial charge in [-0.1, -0.05) is 12.0 Å². The van der Waals surface area contributed by atoms with Crippen LogP contribution < -0.4 is 10.1 Å². The number of terminal acetylenes is 1. The van der Waals surface area contributed by atoms with Crippen LogP contribution in [0.25, 0.3) is 0 Å². The fourth-order valence-corrected chi connectivity index (χ4v) is 2.00. The molecule has 0 radical (unpaired) electrons. The maximum Gasteiger partial charge on any atom is 0.255 e. The lowest BCUT2D eigenvalue weighted by Crippen LogP contribution is -2.12. The predicted molar refractivity (Wildman–Crippen MR) is 84.7 cm³/mol. The quantitative estimate of drug-likeness (QED) is 0.868. The van der Waals surface area contributed by atoms with E-state index in [-0.39, 0.29) is 5.91 Å². The zero-order valence-corrected chi connectivity index (χ0v) is 12.1. The van der Waals surface area contributed by atoms with Gasteiger partial charge < -0.3 is 10.1 Å². The minimum Gasteiger partial charge on any atom is -0.494 e. The number of benzene rings is 2. The summed E-state index contributed by atoms with van der Waals surface area (Å²) in [6, 6.07) is 12.6. The summed E-state index contributed by atoms with van der Waals surface area (Å²) in [5.41, 5.74) is 2.93. The fraction of sp³-hybridized carbons (Fsp3) is 0.167. The fourth-order valence-electron chi connectivity index (χ4n) is 2.00. The molecular formula is C18H17NO2. The van der Waals surface area contributed by atoms with Gasteiger partial charge >= 0.3 is 0 Å². The number of aryl methyl sites for hydroxylation is 1. The van der Waals surface area contributed by atoms with Crippen molar-refractivity contribution in [1.82, 2.24) is 0 Å². The third-order valence-electron chi connectivity index (χ3n) is 3.02. The number of hydrogen-bond donors (Lipinski definition) is 1. The molecular weight excluding hydrogens is 262 g/mol. The van der Waals surface area contributed by atoms with Crippen molar-refractivity contribution in [1.29, 1.82) is 0 Å². The Morgan fingerprint density at radius 1 is 1.29 bits per heavy atom. The number of amides is 1. The van der Waals surface area contributed by atoms with Crippen LogP contribution in [0.1, 0.15) is 28.4 Å². The number of ether oxygens (including phenoxy) is 1. The lowest BCUT2D eigenvalue weighted by Gasteiger charge is -2.10. The van der Waals surface area contributed by atoms with E-state index < -0.39 is 0 Å². The van der Waals surface area contributed by atoms with E-state index in [1.165, 1.54) is 0 Å². The molecule has 0 aromatic heterocycles. The Morgan fingerprint density at radius 3 is 2.76 bits per heavy atom. The van der Waals surface area contributed by atoms with Gasteiger partial charge in [-0.15, -0.1) is 6.42 Å². The molecule has 0 atom stereocenters. The Bertz CT molecular complexity index is 699. The first-order chi connectivity index (χ1) is 10.1. The highest BCUT2D eigenvalue weighted by atomic mass is 16.5. The van der Waals surface area contributed by atoms with Crippen LogP contribution in [0.4, 0.5) is 5.69 Å². The second-order valence-electron chi connectivity index (χ2n) is 4.59. The number of carbonyl (C=O) groups is 1. The van der Waals surface area contributed by atoms with E-state index in [2.05, 4.69) is 11.2 Å². The van der Waals surface area contributed by atoms with E-state index in [1.807, 2.05) is 38.1 Å². The largest absolute Gasteiger partial charge is 0.494 e. The molecule has 0 saturated carbocycles. The molecule has 106 valence electrons. The minimum atomic E-state index is -0.171. The van der Waals surface area contributed by atoms with Crippen LogP contribution in [-0.2, 0) is 0 Å². The van der Waals surface area contributed by atoms with Gasteiger partial charge in [0.05, 0.1) is 6.61 Å². The number of hydrogen-bond acceptors (Lipinski definition) is 2. The van der Waals surface area contributed by atoms with Crippen molar-refractivity contribution in [2.24, 2.45) is 0 Å². The van der Waals surface area contributed by atoms with Gasteiger partial charge in [0.2, 0.25) is 0 Å². The summed E-state index contributed by atoms with van der Waals surface area (Å²) in [5, 5.41) is 2.84. The molecule has 0 spiro atoms. The van der Waals surface area contributed by atoms with Crippen molar-refractivity contribution in [3.05, 3.63) is 59.2 Å². The highest BCUT2D eigenvalue weighted by molar-refractivity contribution is 6.04. The molecule has 0 bridgehead atoms. The lowest BCUT2D eigenvalue weighted by atomic mass is 10.1. The number of anilines is 1. The smallest absolute Gasteiger partial charge is 0.255 e. The molecule has 2 aromatic rings. The van der Waals surface area contributed by atoms with Crippen molar-refractivity contribution < 1.29 is 9.53 Å². The van der Waals surface area contributed by atoms with Gasteiger partial charge in [0.25, 0.3) is 5.91 Å². The monoisotopic (exact) mass is 279 g/mol. The van der Waals surface area contributed by atoms with Crippen molar-refractivity contribution in [2.45, 2.75) is 13.8 Å². The van der Waals surface area contributed by atoms with Gasteiger partial charge in [-0.2, -0.15) is 0 Å². The van der Waals surface area contributed by atoms with Crippen LogP contribution >= 0.6 is 0 Å². The predicted octanol–water partition coefficient (Wildman–Crippen LogP) is 3.63. The Morgan fingerprint density at radius 2 is 2.10 bits per heavy atom. The highest BCUT2D eigenvalue weighted by Gasteiger charge is 2.09. The van der Waals surface area contributed by atoms with E-state index in [0.717, 1.165) is 16.9 Å². The second-order valence-corrected chi connectivity index (χ2v) is 4.59. The Labute approximate surface area is 125 Å². The Balaban J connectivity index is 2.16. The van der Waals surface area contributed by atoms with E-state index in [4.69, 9.17) is 11.2 Å². The third kappa shape index (κ3) is 3.64. The van der Waals surface area contributed by atoms with Crippen LogP contribution in [0.5, 0.6) is 5.75 Å². The zero-order chi connectivity index (χ0) is 15.2.